The monoisotopic (exact) mass is 249 g/mol. The third-order valence-electron chi connectivity index (χ3n) is 2.58. The van der Waals surface area contributed by atoms with Crippen molar-refractivity contribution >= 4 is 11.9 Å². The predicted octanol–water partition coefficient (Wildman–Crippen LogP) is 1.69. The summed E-state index contributed by atoms with van der Waals surface area (Å²) >= 11 is 0. The Morgan fingerprint density at radius 1 is 1.28 bits per heavy atom. The second kappa shape index (κ2) is 7.48. The van der Waals surface area contributed by atoms with Crippen molar-refractivity contribution in [1.82, 2.24) is 5.32 Å². The van der Waals surface area contributed by atoms with Gasteiger partial charge < -0.3 is 10.1 Å². The van der Waals surface area contributed by atoms with Crippen molar-refractivity contribution in [2.75, 3.05) is 7.11 Å². The summed E-state index contributed by atoms with van der Waals surface area (Å²) in [6, 6.07) is 8.93. The SMILES string of the molecule is CCCC(=O)NC(Cc1ccccc1)C(=O)OC. The van der Waals surface area contributed by atoms with Gasteiger partial charge in [0.1, 0.15) is 6.04 Å². The topological polar surface area (TPSA) is 55.4 Å². The third kappa shape index (κ3) is 4.57. The molecular weight excluding hydrogens is 230 g/mol. The van der Waals surface area contributed by atoms with Crippen LogP contribution in [0.4, 0.5) is 0 Å². The van der Waals surface area contributed by atoms with E-state index in [9.17, 15) is 9.59 Å². The van der Waals surface area contributed by atoms with Crippen LogP contribution in [-0.4, -0.2) is 25.0 Å². The summed E-state index contributed by atoms with van der Waals surface area (Å²) in [4.78, 5) is 23.2. The first-order valence-electron chi connectivity index (χ1n) is 6.08. The van der Waals surface area contributed by atoms with Gasteiger partial charge in [0, 0.05) is 12.8 Å². The maximum absolute atomic E-state index is 11.6. The zero-order valence-electron chi connectivity index (χ0n) is 10.8. The summed E-state index contributed by atoms with van der Waals surface area (Å²) in [5, 5.41) is 2.70. The van der Waals surface area contributed by atoms with E-state index in [0.29, 0.717) is 12.8 Å². The molecule has 0 aliphatic carbocycles. The molecule has 1 N–H and O–H groups in total. The molecule has 0 spiro atoms. The highest BCUT2D eigenvalue weighted by Crippen LogP contribution is 2.05. The lowest BCUT2D eigenvalue weighted by Gasteiger charge is -2.16. The lowest BCUT2D eigenvalue weighted by Crippen LogP contribution is -2.42. The molecule has 1 aromatic carbocycles. The number of esters is 1. The first kappa shape index (κ1) is 14.2. The number of carbonyl (C=O) groups excluding carboxylic acids is 2. The zero-order valence-corrected chi connectivity index (χ0v) is 10.8. The van der Waals surface area contributed by atoms with E-state index in [2.05, 4.69) is 5.32 Å². The van der Waals surface area contributed by atoms with Gasteiger partial charge in [-0.1, -0.05) is 37.3 Å². The highest BCUT2D eigenvalue weighted by molar-refractivity contribution is 5.84. The fraction of sp³-hybridized carbons (Fsp3) is 0.429. The van der Waals surface area contributed by atoms with Gasteiger partial charge in [-0.15, -0.1) is 0 Å². The Labute approximate surface area is 107 Å². The summed E-state index contributed by atoms with van der Waals surface area (Å²) in [7, 11) is 1.33. The third-order valence-corrected chi connectivity index (χ3v) is 2.58. The predicted molar refractivity (Wildman–Crippen MR) is 69.0 cm³/mol. The van der Waals surface area contributed by atoms with Crippen LogP contribution in [0.2, 0.25) is 0 Å². The van der Waals surface area contributed by atoms with Crippen LogP contribution in [0.25, 0.3) is 0 Å². The average molecular weight is 249 g/mol. The van der Waals surface area contributed by atoms with E-state index < -0.39 is 12.0 Å². The number of methoxy groups -OCH3 is 1. The van der Waals surface area contributed by atoms with Gasteiger partial charge in [-0.3, -0.25) is 4.79 Å². The molecule has 0 radical (unpaired) electrons. The lowest BCUT2D eigenvalue weighted by atomic mass is 10.1. The van der Waals surface area contributed by atoms with Crippen molar-refractivity contribution < 1.29 is 14.3 Å². The summed E-state index contributed by atoms with van der Waals surface area (Å²) in [6.07, 6.45) is 1.62. The van der Waals surface area contributed by atoms with Crippen molar-refractivity contribution in [3.05, 3.63) is 35.9 Å². The van der Waals surface area contributed by atoms with Crippen LogP contribution in [0, 0.1) is 0 Å². The van der Waals surface area contributed by atoms with Gasteiger partial charge in [0.05, 0.1) is 7.11 Å². The van der Waals surface area contributed by atoms with Crippen molar-refractivity contribution in [2.45, 2.75) is 32.2 Å². The molecule has 0 aliphatic heterocycles. The first-order valence-corrected chi connectivity index (χ1v) is 6.08. The van der Waals surface area contributed by atoms with Gasteiger partial charge >= 0.3 is 5.97 Å². The largest absolute Gasteiger partial charge is 0.467 e. The fourth-order valence-electron chi connectivity index (χ4n) is 1.68. The summed E-state index contributed by atoms with van der Waals surface area (Å²) in [5.41, 5.74) is 0.990. The van der Waals surface area contributed by atoms with Gasteiger partial charge in [-0.2, -0.15) is 0 Å². The van der Waals surface area contributed by atoms with Crippen LogP contribution in [0.3, 0.4) is 0 Å². The molecule has 0 aliphatic rings. The number of amides is 1. The Morgan fingerprint density at radius 3 is 2.50 bits per heavy atom. The van der Waals surface area contributed by atoms with E-state index in [4.69, 9.17) is 4.74 Å². The van der Waals surface area contributed by atoms with Gasteiger partial charge in [-0.05, 0) is 12.0 Å². The standard InChI is InChI=1S/C14H19NO3/c1-3-7-13(16)15-12(14(17)18-2)10-11-8-5-4-6-9-11/h4-6,8-9,12H,3,7,10H2,1-2H3,(H,15,16). The molecule has 18 heavy (non-hydrogen) atoms. The molecule has 0 heterocycles. The average Bonchev–Trinajstić information content (AvgIpc) is 2.38. The number of nitrogens with one attached hydrogen (secondary N) is 1. The van der Waals surface area contributed by atoms with Gasteiger partial charge in [0.25, 0.3) is 0 Å². The van der Waals surface area contributed by atoms with Crippen LogP contribution in [0.15, 0.2) is 30.3 Å². The number of benzene rings is 1. The molecule has 4 heteroatoms. The van der Waals surface area contributed by atoms with Gasteiger partial charge in [0.2, 0.25) is 5.91 Å². The Bertz CT molecular complexity index is 389. The van der Waals surface area contributed by atoms with E-state index in [1.54, 1.807) is 0 Å². The van der Waals surface area contributed by atoms with Crippen LogP contribution in [0.5, 0.6) is 0 Å². The van der Waals surface area contributed by atoms with Gasteiger partial charge in [0.15, 0.2) is 0 Å². The van der Waals surface area contributed by atoms with Crippen molar-refractivity contribution in [3.8, 4) is 0 Å². The Kier molecular flexibility index (Phi) is 5.91. The van der Waals surface area contributed by atoms with Crippen molar-refractivity contribution in [3.63, 3.8) is 0 Å². The second-order valence-corrected chi connectivity index (χ2v) is 4.08. The number of hydrogen-bond donors (Lipinski definition) is 1. The zero-order chi connectivity index (χ0) is 13.4. The number of rotatable bonds is 6. The van der Waals surface area contributed by atoms with E-state index in [1.807, 2.05) is 37.3 Å². The minimum absolute atomic E-state index is 0.121. The van der Waals surface area contributed by atoms with E-state index in [-0.39, 0.29) is 5.91 Å². The fourth-order valence-corrected chi connectivity index (χ4v) is 1.68. The number of carbonyl (C=O) groups is 2. The maximum atomic E-state index is 11.6. The molecular formula is C14H19NO3. The number of hydrogen-bond acceptors (Lipinski definition) is 3. The van der Waals surface area contributed by atoms with Crippen LogP contribution in [0.1, 0.15) is 25.3 Å². The molecule has 0 saturated carbocycles. The Morgan fingerprint density at radius 2 is 1.94 bits per heavy atom. The van der Waals surface area contributed by atoms with Gasteiger partial charge in [-0.25, -0.2) is 4.79 Å². The molecule has 0 aromatic heterocycles. The molecule has 1 rings (SSSR count). The smallest absolute Gasteiger partial charge is 0.328 e. The molecule has 0 fully saturated rings. The van der Waals surface area contributed by atoms with Crippen molar-refractivity contribution in [2.24, 2.45) is 0 Å². The molecule has 1 aromatic rings. The van der Waals surface area contributed by atoms with E-state index >= 15 is 0 Å². The van der Waals surface area contributed by atoms with Crippen molar-refractivity contribution in [1.29, 1.82) is 0 Å². The Hall–Kier alpha value is -1.84. The molecule has 1 amide bonds. The summed E-state index contributed by atoms with van der Waals surface area (Å²) in [5.74, 6) is -0.535. The van der Waals surface area contributed by atoms with E-state index in [0.717, 1.165) is 12.0 Å². The van der Waals surface area contributed by atoms with E-state index in [1.165, 1.54) is 7.11 Å². The second-order valence-electron chi connectivity index (χ2n) is 4.08. The highest BCUT2D eigenvalue weighted by Gasteiger charge is 2.21. The molecule has 1 atom stereocenters. The molecule has 1 unspecified atom stereocenters. The number of ether oxygens (including phenoxy) is 1. The highest BCUT2D eigenvalue weighted by atomic mass is 16.5. The molecule has 0 bridgehead atoms. The molecule has 0 saturated heterocycles. The Balaban J connectivity index is 2.67. The minimum atomic E-state index is -0.614. The maximum Gasteiger partial charge on any atom is 0.328 e. The summed E-state index contributed by atoms with van der Waals surface area (Å²) < 4.78 is 4.71. The van der Waals surface area contributed by atoms with Crippen LogP contribution >= 0.6 is 0 Å². The normalized spacial score (nSPS) is 11.7. The van der Waals surface area contributed by atoms with Crippen LogP contribution in [-0.2, 0) is 20.7 Å². The quantitative estimate of drug-likeness (QED) is 0.780. The lowest BCUT2D eigenvalue weighted by molar-refractivity contribution is -0.145. The van der Waals surface area contributed by atoms with Crippen LogP contribution < -0.4 is 5.32 Å². The summed E-state index contributed by atoms with van der Waals surface area (Å²) in [6.45, 7) is 1.92. The molecule has 98 valence electrons. The first-order chi connectivity index (χ1) is 8.67. The minimum Gasteiger partial charge on any atom is -0.467 e. The molecule has 4 nitrogen and oxygen atoms in total.